The topological polar surface area (TPSA) is 102 Å². The van der Waals surface area contributed by atoms with E-state index in [4.69, 9.17) is 14.6 Å². The highest BCUT2D eigenvalue weighted by Crippen LogP contribution is 2.32. The number of hydrogen-bond donors (Lipinski definition) is 2. The quantitative estimate of drug-likeness (QED) is 0.486. The fraction of sp³-hybridized carbons (Fsp3) is 0.125. The number of amides is 1. The predicted molar refractivity (Wildman–Crippen MR) is 122 cm³/mol. The van der Waals surface area contributed by atoms with Crippen LogP contribution in [0.3, 0.4) is 0 Å². The Balaban J connectivity index is 1.86. The van der Waals surface area contributed by atoms with Crippen LogP contribution in [0.15, 0.2) is 71.6 Å². The van der Waals surface area contributed by atoms with Crippen LogP contribution < -0.4 is 14.8 Å². The number of methoxy groups -OCH3 is 2. The van der Waals surface area contributed by atoms with E-state index in [0.29, 0.717) is 38.8 Å². The third kappa shape index (κ3) is 5.89. The van der Waals surface area contributed by atoms with Crippen LogP contribution in [0, 0.1) is 0 Å². The second-order valence-corrected chi connectivity index (χ2v) is 7.72. The Kier molecular flexibility index (Phi) is 7.51. The van der Waals surface area contributed by atoms with Gasteiger partial charge >= 0.3 is 5.97 Å². The largest absolute Gasteiger partial charge is 0.497 e. The summed E-state index contributed by atoms with van der Waals surface area (Å²) in [5.41, 5.74) is 1.73. The molecule has 0 spiro atoms. The molecule has 2 N–H and O–H groups in total. The minimum absolute atomic E-state index is 0.206. The Labute approximate surface area is 189 Å². The lowest BCUT2D eigenvalue weighted by Crippen LogP contribution is -2.13. The summed E-state index contributed by atoms with van der Waals surface area (Å²) in [6.45, 7) is 0. The van der Waals surface area contributed by atoms with Gasteiger partial charge < -0.3 is 19.9 Å². The number of thioether (sulfide) groups is 1. The molecule has 32 heavy (non-hydrogen) atoms. The van der Waals surface area contributed by atoms with E-state index >= 15 is 0 Å². The highest BCUT2D eigenvalue weighted by molar-refractivity contribution is 8.14. The first-order chi connectivity index (χ1) is 15.4. The molecular weight excluding hydrogens is 430 g/mol. The van der Waals surface area contributed by atoms with Crippen LogP contribution in [0.1, 0.15) is 26.3 Å². The van der Waals surface area contributed by atoms with Gasteiger partial charge in [-0.3, -0.25) is 14.4 Å². The van der Waals surface area contributed by atoms with Crippen LogP contribution in [0.25, 0.3) is 0 Å². The van der Waals surface area contributed by atoms with Crippen molar-refractivity contribution in [3.05, 3.63) is 83.4 Å². The van der Waals surface area contributed by atoms with Crippen molar-refractivity contribution < 1.29 is 29.0 Å². The van der Waals surface area contributed by atoms with E-state index < -0.39 is 5.97 Å². The lowest BCUT2D eigenvalue weighted by Gasteiger charge is -2.13. The summed E-state index contributed by atoms with van der Waals surface area (Å²) in [6, 6.07) is 18.1. The standard InChI is InChI=1S/C24H21NO6S/c1-30-18-8-4-16(5-9-18)23(28)25-20-13-15(14-22(26)27)3-12-21(20)32-24(29)17-6-10-19(31-2)11-7-17/h3-13H,14H2,1-2H3,(H,25,28)(H,26,27). The highest BCUT2D eigenvalue weighted by Gasteiger charge is 2.16. The van der Waals surface area contributed by atoms with Crippen molar-refractivity contribution in [3.8, 4) is 11.5 Å². The summed E-state index contributed by atoms with van der Waals surface area (Å²) in [5, 5.41) is 11.7. The zero-order valence-electron chi connectivity index (χ0n) is 17.5. The lowest BCUT2D eigenvalue weighted by molar-refractivity contribution is -0.136. The Morgan fingerprint density at radius 2 is 1.41 bits per heavy atom. The third-order valence-corrected chi connectivity index (χ3v) is 5.53. The summed E-state index contributed by atoms with van der Waals surface area (Å²) >= 11 is 0.946. The van der Waals surface area contributed by atoms with Crippen LogP contribution >= 0.6 is 11.8 Å². The number of carbonyl (C=O) groups is 3. The van der Waals surface area contributed by atoms with Gasteiger partial charge in [-0.25, -0.2) is 0 Å². The molecule has 0 aromatic heterocycles. The van der Waals surface area contributed by atoms with Crippen LogP contribution in [-0.4, -0.2) is 36.3 Å². The molecule has 3 rings (SSSR count). The van der Waals surface area contributed by atoms with Gasteiger partial charge in [-0.1, -0.05) is 6.07 Å². The molecule has 3 aromatic rings. The Bertz CT molecular complexity index is 1130. The minimum Gasteiger partial charge on any atom is -0.497 e. The second kappa shape index (κ2) is 10.5. The van der Waals surface area contributed by atoms with Crippen molar-refractivity contribution in [1.29, 1.82) is 0 Å². The number of nitrogens with one attached hydrogen (secondary N) is 1. The van der Waals surface area contributed by atoms with Gasteiger partial charge in [-0.2, -0.15) is 0 Å². The first-order valence-electron chi connectivity index (χ1n) is 9.56. The van der Waals surface area contributed by atoms with E-state index in [2.05, 4.69) is 5.32 Å². The van der Waals surface area contributed by atoms with E-state index in [0.717, 1.165) is 11.8 Å². The van der Waals surface area contributed by atoms with Gasteiger partial charge in [0, 0.05) is 16.0 Å². The molecule has 1 amide bonds. The van der Waals surface area contributed by atoms with Crippen molar-refractivity contribution in [2.75, 3.05) is 19.5 Å². The average molecular weight is 452 g/mol. The number of rotatable bonds is 8. The van der Waals surface area contributed by atoms with E-state index in [-0.39, 0.29) is 17.4 Å². The molecule has 0 aliphatic rings. The molecule has 3 aromatic carbocycles. The molecule has 8 heteroatoms. The number of aliphatic carboxylic acids is 1. The molecule has 0 atom stereocenters. The lowest BCUT2D eigenvalue weighted by atomic mass is 10.1. The summed E-state index contributed by atoms with van der Waals surface area (Å²) in [5.74, 6) is -0.130. The van der Waals surface area contributed by atoms with Gasteiger partial charge in [0.2, 0.25) is 5.12 Å². The van der Waals surface area contributed by atoms with Gasteiger partial charge in [-0.15, -0.1) is 0 Å². The Morgan fingerprint density at radius 1 is 0.844 bits per heavy atom. The van der Waals surface area contributed by atoms with E-state index in [1.165, 1.54) is 7.11 Å². The summed E-state index contributed by atoms with van der Waals surface area (Å²) < 4.78 is 10.2. The number of carboxylic acid groups (broad SMARTS) is 1. The van der Waals surface area contributed by atoms with Crippen molar-refractivity contribution in [3.63, 3.8) is 0 Å². The van der Waals surface area contributed by atoms with Gasteiger partial charge in [0.25, 0.3) is 5.91 Å². The number of hydrogen-bond acceptors (Lipinski definition) is 6. The summed E-state index contributed by atoms with van der Waals surface area (Å²) in [7, 11) is 3.08. The number of ether oxygens (including phenoxy) is 2. The summed E-state index contributed by atoms with van der Waals surface area (Å²) in [4.78, 5) is 37.1. The first kappa shape index (κ1) is 22.9. The normalized spacial score (nSPS) is 10.3. The van der Waals surface area contributed by atoms with Crippen LogP contribution in [0.4, 0.5) is 5.69 Å². The van der Waals surface area contributed by atoms with Crippen LogP contribution in [0.5, 0.6) is 11.5 Å². The van der Waals surface area contributed by atoms with Gasteiger partial charge in [0.15, 0.2) is 0 Å². The zero-order valence-corrected chi connectivity index (χ0v) is 18.3. The predicted octanol–water partition coefficient (Wildman–Crippen LogP) is 4.52. The number of carbonyl (C=O) groups excluding carboxylic acids is 2. The SMILES string of the molecule is COc1ccc(C(=O)Nc2cc(CC(=O)O)ccc2SC(=O)c2ccc(OC)cc2)cc1. The Hall–Kier alpha value is -3.78. The smallest absolute Gasteiger partial charge is 0.307 e. The van der Waals surface area contributed by atoms with E-state index in [1.54, 1.807) is 73.8 Å². The maximum absolute atomic E-state index is 12.8. The molecule has 0 fully saturated rings. The van der Waals surface area contributed by atoms with Crippen molar-refractivity contribution in [1.82, 2.24) is 0 Å². The van der Waals surface area contributed by atoms with Crippen LogP contribution in [-0.2, 0) is 11.2 Å². The number of benzene rings is 3. The molecule has 0 unspecified atom stereocenters. The highest BCUT2D eigenvalue weighted by atomic mass is 32.2. The van der Waals surface area contributed by atoms with Crippen molar-refractivity contribution in [2.45, 2.75) is 11.3 Å². The van der Waals surface area contributed by atoms with Crippen LogP contribution in [0.2, 0.25) is 0 Å². The zero-order chi connectivity index (χ0) is 23.1. The first-order valence-corrected chi connectivity index (χ1v) is 10.4. The summed E-state index contributed by atoms with van der Waals surface area (Å²) in [6.07, 6.45) is -0.206. The molecule has 0 bridgehead atoms. The fourth-order valence-corrected chi connectivity index (χ4v) is 3.68. The van der Waals surface area contributed by atoms with Crippen molar-refractivity contribution in [2.24, 2.45) is 0 Å². The molecule has 7 nitrogen and oxygen atoms in total. The average Bonchev–Trinajstić information content (AvgIpc) is 2.80. The number of anilines is 1. The van der Waals surface area contributed by atoms with E-state index in [1.807, 2.05) is 0 Å². The van der Waals surface area contributed by atoms with Crippen molar-refractivity contribution >= 4 is 34.4 Å². The maximum atomic E-state index is 12.8. The van der Waals surface area contributed by atoms with E-state index in [9.17, 15) is 14.4 Å². The third-order valence-electron chi connectivity index (χ3n) is 4.53. The molecule has 0 aliphatic heterocycles. The van der Waals surface area contributed by atoms with Gasteiger partial charge in [0.05, 0.1) is 26.3 Å². The second-order valence-electron chi connectivity index (χ2n) is 6.70. The monoisotopic (exact) mass is 451 g/mol. The molecule has 0 radical (unpaired) electrons. The van der Waals surface area contributed by atoms with Gasteiger partial charge in [-0.05, 0) is 78.0 Å². The molecule has 164 valence electrons. The maximum Gasteiger partial charge on any atom is 0.307 e. The Morgan fingerprint density at radius 3 is 1.94 bits per heavy atom. The molecule has 0 heterocycles. The van der Waals surface area contributed by atoms with Gasteiger partial charge in [0.1, 0.15) is 11.5 Å². The molecule has 0 saturated carbocycles. The number of carboxylic acids is 1. The molecular formula is C24H21NO6S. The molecule has 0 aliphatic carbocycles. The molecule has 0 saturated heterocycles. The fourth-order valence-electron chi connectivity index (χ4n) is 2.87. The minimum atomic E-state index is -0.993.